The molecule has 1 N–H and O–H groups in total. The van der Waals surface area contributed by atoms with Crippen LogP contribution in [0.5, 0.6) is 0 Å². The first-order chi connectivity index (χ1) is 9.68. The van der Waals surface area contributed by atoms with E-state index in [1.165, 1.54) is 0 Å². The van der Waals surface area contributed by atoms with E-state index in [0.717, 1.165) is 16.7 Å². The summed E-state index contributed by atoms with van der Waals surface area (Å²) in [5.41, 5.74) is 3.00. The number of hydrogen-bond donors (Lipinski definition) is 1. The highest BCUT2D eigenvalue weighted by molar-refractivity contribution is 5.99. The minimum atomic E-state index is -0.240. The number of ketones is 1. The number of nitrogens with one attached hydrogen (secondary N) is 1. The molecule has 0 radical (unpaired) electrons. The molecule has 0 heterocycles. The Labute approximate surface area is 120 Å². The molecule has 20 heavy (non-hydrogen) atoms. The van der Waals surface area contributed by atoms with Gasteiger partial charge in [0.25, 0.3) is 0 Å². The molecule has 0 bridgehead atoms. The van der Waals surface area contributed by atoms with Crippen molar-refractivity contribution in [1.82, 2.24) is 5.32 Å². The van der Waals surface area contributed by atoms with Crippen molar-refractivity contribution >= 4 is 11.4 Å². The molecule has 0 spiro atoms. The van der Waals surface area contributed by atoms with Gasteiger partial charge in [-0.3, -0.25) is 4.79 Å². The summed E-state index contributed by atoms with van der Waals surface area (Å²) in [6, 6.07) is 19.2. The molecule has 2 aromatic rings. The fraction of sp³-hybridized carbons (Fsp3) is 0.167. The topological polar surface area (TPSA) is 29.1 Å². The van der Waals surface area contributed by atoms with Crippen LogP contribution in [-0.4, -0.2) is 11.8 Å². The van der Waals surface area contributed by atoms with Crippen LogP contribution in [0, 0.1) is 0 Å². The molecule has 1 unspecified atom stereocenters. The van der Waals surface area contributed by atoms with Gasteiger partial charge in [-0.2, -0.15) is 0 Å². The van der Waals surface area contributed by atoms with Crippen molar-refractivity contribution in [3.8, 4) is 0 Å². The first kappa shape index (κ1) is 14.1. The van der Waals surface area contributed by atoms with Crippen molar-refractivity contribution in [3.63, 3.8) is 0 Å². The number of benzene rings is 2. The van der Waals surface area contributed by atoms with Gasteiger partial charge in [-0.05, 0) is 25.0 Å². The van der Waals surface area contributed by atoms with Crippen LogP contribution in [0.1, 0.15) is 29.8 Å². The zero-order chi connectivity index (χ0) is 14.4. The SMILES string of the molecule is C/C(=C\NC(C)C(=O)c1ccccc1)c1ccccc1. The fourth-order valence-electron chi connectivity index (χ4n) is 1.96. The highest BCUT2D eigenvalue weighted by atomic mass is 16.1. The van der Waals surface area contributed by atoms with E-state index in [1.54, 1.807) is 0 Å². The Morgan fingerprint density at radius 1 is 0.950 bits per heavy atom. The third-order valence-electron chi connectivity index (χ3n) is 3.23. The Bertz CT molecular complexity index is 587. The van der Waals surface area contributed by atoms with Crippen molar-refractivity contribution in [3.05, 3.63) is 78.0 Å². The molecule has 0 saturated heterocycles. The van der Waals surface area contributed by atoms with Gasteiger partial charge in [-0.1, -0.05) is 60.7 Å². The zero-order valence-electron chi connectivity index (χ0n) is 11.8. The van der Waals surface area contributed by atoms with Crippen LogP contribution in [0.25, 0.3) is 5.57 Å². The maximum absolute atomic E-state index is 12.2. The van der Waals surface area contributed by atoms with E-state index in [0.29, 0.717) is 0 Å². The molecular formula is C18H19NO. The van der Waals surface area contributed by atoms with Crippen molar-refractivity contribution in [2.45, 2.75) is 19.9 Å². The molecule has 1 atom stereocenters. The summed E-state index contributed by atoms with van der Waals surface area (Å²) in [5.74, 6) is 0.0997. The first-order valence-corrected chi connectivity index (χ1v) is 6.76. The summed E-state index contributed by atoms with van der Waals surface area (Å²) in [5, 5.41) is 3.17. The Morgan fingerprint density at radius 3 is 2.00 bits per heavy atom. The van der Waals surface area contributed by atoms with Crippen molar-refractivity contribution in [2.24, 2.45) is 0 Å². The van der Waals surface area contributed by atoms with Crippen molar-refractivity contribution in [2.75, 3.05) is 0 Å². The Hall–Kier alpha value is -2.35. The molecule has 0 saturated carbocycles. The van der Waals surface area contributed by atoms with Gasteiger partial charge in [0.2, 0.25) is 0 Å². The molecule has 0 amide bonds. The van der Waals surface area contributed by atoms with Gasteiger partial charge < -0.3 is 5.32 Å². The summed E-state index contributed by atoms with van der Waals surface area (Å²) in [4.78, 5) is 12.2. The number of Topliss-reactive ketones (excluding diaryl/α,β-unsaturated/α-hetero) is 1. The van der Waals surface area contributed by atoms with Gasteiger partial charge in [0.05, 0.1) is 6.04 Å². The molecule has 0 aliphatic rings. The van der Waals surface area contributed by atoms with E-state index >= 15 is 0 Å². The third-order valence-corrected chi connectivity index (χ3v) is 3.23. The van der Waals surface area contributed by atoms with Crippen molar-refractivity contribution < 1.29 is 4.79 Å². The van der Waals surface area contributed by atoms with Crippen LogP contribution in [0.15, 0.2) is 66.9 Å². The number of rotatable bonds is 5. The number of hydrogen-bond acceptors (Lipinski definition) is 2. The maximum Gasteiger partial charge on any atom is 0.184 e. The lowest BCUT2D eigenvalue weighted by atomic mass is 10.1. The second-order valence-corrected chi connectivity index (χ2v) is 4.81. The molecule has 0 aromatic heterocycles. The summed E-state index contributed by atoms with van der Waals surface area (Å²) in [6.45, 7) is 3.91. The Balaban J connectivity index is 2.02. The number of carbonyl (C=O) groups is 1. The van der Waals surface area contributed by atoms with Crippen LogP contribution in [0.4, 0.5) is 0 Å². The van der Waals surface area contributed by atoms with E-state index in [-0.39, 0.29) is 11.8 Å². The van der Waals surface area contributed by atoms with Crippen molar-refractivity contribution in [1.29, 1.82) is 0 Å². The normalized spacial score (nSPS) is 12.8. The van der Waals surface area contributed by atoms with Gasteiger partial charge in [0.1, 0.15) is 0 Å². The van der Waals surface area contributed by atoms with Crippen LogP contribution >= 0.6 is 0 Å². The van der Waals surface area contributed by atoms with Gasteiger partial charge in [0, 0.05) is 11.8 Å². The summed E-state index contributed by atoms with van der Waals surface area (Å²) >= 11 is 0. The second kappa shape index (κ2) is 6.71. The lowest BCUT2D eigenvalue weighted by Crippen LogP contribution is -2.30. The first-order valence-electron chi connectivity index (χ1n) is 6.76. The number of allylic oxidation sites excluding steroid dienone is 1. The average molecular weight is 265 g/mol. The highest BCUT2D eigenvalue weighted by Crippen LogP contribution is 2.12. The van der Waals surface area contributed by atoms with Gasteiger partial charge in [-0.25, -0.2) is 0 Å². The smallest absolute Gasteiger partial charge is 0.184 e. The Kier molecular flexibility index (Phi) is 4.72. The quantitative estimate of drug-likeness (QED) is 0.830. The molecule has 2 heteroatoms. The molecule has 0 aliphatic carbocycles. The van der Waals surface area contributed by atoms with Gasteiger partial charge >= 0.3 is 0 Å². The molecule has 2 nitrogen and oxygen atoms in total. The van der Waals surface area contributed by atoms with E-state index in [4.69, 9.17) is 0 Å². The molecule has 0 aliphatic heterocycles. The van der Waals surface area contributed by atoms with E-state index in [2.05, 4.69) is 17.4 Å². The third kappa shape index (κ3) is 3.58. The summed E-state index contributed by atoms with van der Waals surface area (Å²) < 4.78 is 0. The molecule has 2 aromatic carbocycles. The average Bonchev–Trinajstić information content (AvgIpc) is 2.53. The van der Waals surface area contributed by atoms with E-state index < -0.39 is 0 Å². The van der Waals surface area contributed by atoms with Crippen LogP contribution < -0.4 is 5.32 Å². The molecular weight excluding hydrogens is 246 g/mol. The minimum Gasteiger partial charge on any atom is -0.381 e. The maximum atomic E-state index is 12.2. The van der Waals surface area contributed by atoms with Crippen LogP contribution in [0.2, 0.25) is 0 Å². The predicted molar refractivity (Wildman–Crippen MR) is 83.5 cm³/mol. The van der Waals surface area contributed by atoms with Gasteiger partial charge in [0.15, 0.2) is 5.78 Å². The van der Waals surface area contributed by atoms with E-state index in [1.807, 2.05) is 68.6 Å². The predicted octanol–water partition coefficient (Wildman–Crippen LogP) is 3.91. The largest absolute Gasteiger partial charge is 0.381 e. The molecule has 102 valence electrons. The van der Waals surface area contributed by atoms with Gasteiger partial charge in [-0.15, -0.1) is 0 Å². The lowest BCUT2D eigenvalue weighted by Gasteiger charge is -2.12. The standard InChI is InChI=1S/C18H19NO/c1-14(16-9-5-3-6-10-16)13-19-15(2)18(20)17-11-7-4-8-12-17/h3-13,15,19H,1-2H3/b14-13+. The molecule has 2 rings (SSSR count). The Morgan fingerprint density at radius 2 is 1.45 bits per heavy atom. The van der Waals surface area contributed by atoms with Crippen LogP contribution in [-0.2, 0) is 0 Å². The fourth-order valence-corrected chi connectivity index (χ4v) is 1.96. The lowest BCUT2D eigenvalue weighted by molar-refractivity contribution is 0.0957. The monoisotopic (exact) mass is 265 g/mol. The zero-order valence-corrected chi connectivity index (χ0v) is 11.8. The molecule has 0 fully saturated rings. The summed E-state index contributed by atoms with van der Waals surface area (Å²) in [7, 11) is 0. The highest BCUT2D eigenvalue weighted by Gasteiger charge is 2.12. The minimum absolute atomic E-state index is 0.0997. The second-order valence-electron chi connectivity index (χ2n) is 4.81. The van der Waals surface area contributed by atoms with E-state index in [9.17, 15) is 4.79 Å². The summed E-state index contributed by atoms with van der Waals surface area (Å²) in [6.07, 6.45) is 1.90. The van der Waals surface area contributed by atoms with Crippen LogP contribution in [0.3, 0.4) is 0 Å². The number of carbonyl (C=O) groups excluding carboxylic acids is 1.